The number of carboxylic acid groups (broad SMARTS) is 1. The third-order valence-electron chi connectivity index (χ3n) is 2.20. The molecule has 4 heteroatoms. The van der Waals surface area contributed by atoms with Gasteiger partial charge in [0, 0.05) is 13.2 Å². The molecule has 0 saturated carbocycles. The van der Waals surface area contributed by atoms with Crippen molar-refractivity contribution in [2.75, 3.05) is 19.8 Å². The zero-order valence-corrected chi connectivity index (χ0v) is 9.79. The summed E-state index contributed by atoms with van der Waals surface area (Å²) in [7, 11) is 0. The van der Waals surface area contributed by atoms with Crippen LogP contribution in [0.3, 0.4) is 0 Å². The van der Waals surface area contributed by atoms with Gasteiger partial charge in [-0.05, 0) is 25.8 Å². The van der Waals surface area contributed by atoms with Crippen molar-refractivity contribution in [2.45, 2.75) is 45.6 Å². The maximum absolute atomic E-state index is 10.6. The summed E-state index contributed by atoms with van der Waals surface area (Å²) in [5.74, 6) is -0.774. The molecule has 1 atom stereocenters. The van der Waals surface area contributed by atoms with Crippen LogP contribution in [0.15, 0.2) is 0 Å². The number of aliphatic carboxylic acids is 1. The second-order valence-corrected chi connectivity index (χ2v) is 3.57. The molecule has 0 bridgehead atoms. The zero-order valence-electron chi connectivity index (χ0n) is 9.79. The first-order valence-electron chi connectivity index (χ1n) is 5.76. The van der Waals surface area contributed by atoms with Crippen molar-refractivity contribution in [3.8, 4) is 0 Å². The third-order valence-corrected chi connectivity index (χ3v) is 2.20. The maximum atomic E-state index is 10.6. The van der Waals surface area contributed by atoms with E-state index in [0.29, 0.717) is 19.6 Å². The van der Waals surface area contributed by atoms with Crippen LogP contribution in [-0.2, 0) is 9.53 Å². The van der Waals surface area contributed by atoms with E-state index in [1.807, 2.05) is 6.92 Å². The van der Waals surface area contributed by atoms with Crippen molar-refractivity contribution < 1.29 is 14.6 Å². The van der Waals surface area contributed by atoms with Crippen LogP contribution in [-0.4, -0.2) is 36.9 Å². The number of unbranched alkanes of at least 4 members (excludes halogenated alkanes) is 1. The SMILES string of the molecule is CCCCOCCCNC(CC)C(=O)O. The van der Waals surface area contributed by atoms with Crippen LogP contribution in [0.2, 0.25) is 0 Å². The monoisotopic (exact) mass is 217 g/mol. The molecule has 0 fully saturated rings. The van der Waals surface area contributed by atoms with Crippen LogP contribution in [0, 0.1) is 0 Å². The van der Waals surface area contributed by atoms with Crippen molar-refractivity contribution >= 4 is 5.97 Å². The van der Waals surface area contributed by atoms with Gasteiger partial charge < -0.3 is 15.2 Å². The molecule has 0 aliphatic rings. The number of carbonyl (C=O) groups is 1. The molecule has 0 aliphatic carbocycles. The average Bonchev–Trinajstić information content (AvgIpc) is 2.21. The maximum Gasteiger partial charge on any atom is 0.320 e. The highest BCUT2D eigenvalue weighted by atomic mass is 16.5. The summed E-state index contributed by atoms with van der Waals surface area (Å²) in [4.78, 5) is 10.6. The Kier molecular flexibility index (Phi) is 9.52. The summed E-state index contributed by atoms with van der Waals surface area (Å²) in [6.45, 7) is 6.22. The minimum Gasteiger partial charge on any atom is -0.480 e. The van der Waals surface area contributed by atoms with Crippen LogP contribution >= 0.6 is 0 Å². The molecule has 15 heavy (non-hydrogen) atoms. The summed E-state index contributed by atoms with van der Waals surface area (Å²) in [5, 5.41) is 11.7. The van der Waals surface area contributed by atoms with E-state index in [-0.39, 0.29) is 0 Å². The molecule has 0 amide bonds. The minimum atomic E-state index is -0.774. The summed E-state index contributed by atoms with van der Waals surface area (Å²) < 4.78 is 5.36. The highest BCUT2D eigenvalue weighted by Crippen LogP contribution is 1.92. The number of ether oxygens (including phenoxy) is 1. The summed E-state index contributed by atoms with van der Waals surface area (Å²) >= 11 is 0. The number of hydrogen-bond donors (Lipinski definition) is 2. The normalized spacial score (nSPS) is 12.7. The molecule has 90 valence electrons. The Balaban J connectivity index is 3.25. The van der Waals surface area contributed by atoms with E-state index in [1.165, 1.54) is 0 Å². The molecule has 4 nitrogen and oxygen atoms in total. The quantitative estimate of drug-likeness (QED) is 0.546. The lowest BCUT2D eigenvalue weighted by Crippen LogP contribution is -2.36. The summed E-state index contributed by atoms with van der Waals surface area (Å²) in [5.41, 5.74) is 0. The van der Waals surface area contributed by atoms with E-state index in [4.69, 9.17) is 9.84 Å². The van der Waals surface area contributed by atoms with Gasteiger partial charge >= 0.3 is 5.97 Å². The van der Waals surface area contributed by atoms with Gasteiger partial charge in [-0.2, -0.15) is 0 Å². The predicted molar refractivity (Wildman–Crippen MR) is 60.1 cm³/mol. The van der Waals surface area contributed by atoms with E-state index >= 15 is 0 Å². The third kappa shape index (κ3) is 8.39. The standard InChI is InChI=1S/C11H23NO3/c1-3-5-8-15-9-6-7-12-10(4-2)11(13)14/h10,12H,3-9H2,1-2H3,(H,13,14). The molecular weight excluding hydrogens is 194 g/mol. The molecule has 0 spiro atoms. The molecule has 0 rings (SSSR count). The fraction of sp³-hybridized carbons (Fsp3) is 0.909. The average molecular weight is 217 g/mol. The van der Waals surface area contributed by atoms with E-state index in [2.05, 4.69) is 12.2 Å². The van der Waals surface area contributed by atoms with Crippen LogP contribution < -0.4 is 5.32 Å². The van der Waals surface area contributed by atoms with E-state index in [9.17, 15) is 4.79 Å². The molecule has 1 unspecified atom stereocenters. The summed E-state index contributed by atoms with van der Waals surface area (Å²) in [6, 6.07) is -0.416. The van der Waals surface area contributed by atoms with Crippen molar-refractivity contribution in [3.63, 3.8) is 0 Å². The molecule has 0 aromatic rings. The first kappa shape index (κ1) is 14.4. The molecule has 0 heterocycles. The lowest BCUT2D eigenvalue weighted by molar-refractivity contribution is -0.139. The predicted octanol–water partition coefficient (Wildman–Crippen LogP) is 1.65. The van der Waals surface area contributed by atoms with E-state index in [0.717, 1.165) is 25.9 Å². The molecule has 0 radical (unpaired) electrons. The van der Waals surface area contributed by atoms with Crippen molar-refractivity contribution in [1.82, 2.24) is 5.32 Å². The van der Waals surface area contributed by atoms with E-state index in [1.54, 1.807) is 0 Å². The summed E-state index contributed by atoms with van der Waals surface area (Å²) in [6.07, 6.45) is 3.73. The van der Waals surface area contributed by atoms with Gasteiger partial charge in [0.1, 0.15) is 6.04 Å². The highest BCUT2D eigenvalue weighted by Gasteiger charge is 2.12. The molecule has 0 aliphatic heterocycles. The smallest absolute Gasteiger partial charge is 0.320 e. The molecule has 2 N–H and O–H groups in total. The number of rotatable bonds is 10. The largest absolute Gasteiger partial charge is 0.480 e. The molecule has 0 aromatic carbocycles. The second-order valence-electron chi connectivity index (χ2n) is 3.57. The Labute approximate surface area is 92.0 Å². The van der Waals surface area contributed by atoms with Crippen LogP contribution in [0.4, 0.5) is 0 Å². The molecular formula is C11H23NO3. The van der Waals surface area contributed by atoms with Gasteiger partial charge in [-0.1, -0.05) is 20.3 Å². The number of nitrogens with one attached hydrogen (secondary N) is 1. The molecule has 0 saturated heterocycles. The van der Waals surface area contributed by atoms with Gasteiger partial charge in [-0.15, -0.1) is 0 Å². The number of hydrogen-bond acceptors (Lipinski definition) is 3. The Morgan fingerprint density at radius 1 is 1.33 bits per heavy atom. The Morgan fingerprint density at radius 3 is 2.53 bits per heavy atom. The van der Waals surface area contributed by atoms with Gasteiger partial charge in [0.05, 0.1) is 0 Å². The topological polar surface area (TPSA) is 58.6 Å². The van der Waals surface area contributed by atoms with Crippen LogP contribution in [0.25, 0.3) is 0 Å². The highest BCUT2D eigenvalue weighted by molar-refractivity contribution is 5.73. The van der Waals surface area contributed by atoms with Gasteiger partial charge in [0.2, 0.25) is 0 Å². The Hall–Kier alpha value is -0.610. The van der Waals surface area contributed by atoms with Crippen LogP contribution in [0.5, 0.6) is 0 Å². The fourth-order valence-corrected chi connectivity index (χ4v) is 1.21. The van der Waals surface area contributed by atoms with Crippen molar-refractivity contribution in [3.05, 3.63) is 0 Å². The van der Waals surface area contributed by atoms with Crippen molar-refractivity contribution in [1.29, 1.82) is 0 Å². The molecule has 0 aromatic heterocycles. The Bertz CT molecular complexity index is 162. The fourth-order valence-electron chi connectivity index (χ4n) is 1.21. The minimum absolute atomic E-state index is 0.416. The lowest BCUT2D eigenvalue weighted by atomic mass is 10.2. The zero-order chi connectivity index (χ0) is 11.5. The first-order valence-corrected chi connectivity index (χ1v) is 5.76. The van der Waals surface area contributed by atoms with Gasteiger partial charge in [0.25, 0.3) is 0 Å². The van der Waals surface area contributed by atoms with Crippen molar-refractivity contribution in [2.24, 2.45) is 0 Å². The van der Waals surface area contributed by atoms with Gasteiger partial charge in [0.15, 0.2) is 0 Å². The van der Waals surface area contributed by atoms with E-state index < -0.39 is 12.0 Å². The van der Waals surface area contributed by atoms with Gasteiger partial charge in [-0.25, -0.2) is 0 Å². The van der Waals surface area contributed by atoms with Gasteiger partial charge in [-0.3, -0.25) is 4.79 Å². The second kappa shape index (κ2) is 9.93. The number of carboxylic acids is 1. The first-order chi connectivity index (χ1) is 7.22. The Morgan fingerprint density at radius 2 is 2.00 bits per heavy atom. The lowest BCUT2D eigenvalue weighted by Gasteiger charge is -2.11. The van der Waals surface area contributed by atoms with Crippen LogP contribution in [0.1, 0.15) is 39.5 Å².